The molecule has 0 aromatic heterocycles. The van der Waals surface area contributed by atoms with Gasteiger partial charge in [0.1, 0.15) is 11.5 Å². The summed E-state index contributed by atoms with van der Waals surface area (Å²) in [6.45, 7) is 0. The average Bonchev–Trinajstić information content (AvgIpc) is 2.45. The molecule has 23 heavy (non-hydrogen) atoms. The van der Waals surface area contributed by atoms with Crippen molar-refractivity contribution in [3.63, 3.8) is 0 Å². The monoisotopic (exact) mass is 344 g/mol. The van der Waals surface area contributed by atoms with Crippen LogP contribution in [0.3, 0.4) is 0 Å². The number of nitrogen functional groups attached to an aromatic ring is 2. The molecule has 0 aliphatic rings. The van der Waals surface area contributed by atoms with E-state index >= 15 is 0 Å². The van der Waals surface area contributed by atoms with Crippen molar-refractivity contribution >= 4 is 61.1 Å². The second kappa shape index (κ2) is 9.09. The summed E-state index contributed by atoms with van der Waals surface area (Å²) in [6, 6.07) is 7.92. The quantitative estimate of drug-likeness (QED) is 0.283. The fourth-order valence-electron chi connectivity index (χ4n) is 1.46. The Morgan fingerprint density at radius 3 is 1.30 bits per heavy atom. The first-order chi connectivity index (χ1) is 10.3. The molecule has 0 atom stereocenters. The van der Waals surface area contributed by atoms with Crippen molar-refractivity contribution in [3.8, 4) is 11.5 Å². The molecule has 0 saturated heterocycles. The molecule has 6 N–H and O–H groups in total. The molecule has 2 rings (SSSR count). The largest absolute Gasteiger partial charge is 2.00 e. The van der Waals surface area contributed by atoms with Crippen molar-refractivity contribution in [2.24, 2.45) is 0 Å². The molecule has 0 heterocycles. The first kappa shape index (κ1) is 20.8. The molecule has 0 aliphatic carbocycles. The van der Waals surface area contributed by atoms with Crippen LogP contribution < -0.4 is 21.7 Å². The van der Waals surface area contributed by atoms with Crippen LogP contribution in [0, 0.1) is 0 Å². The minimum absolute atomic E-state index is 0. The molecule has 0 fully saturated rings. The number of hydrogen-bond acceptors (Lipinski definition) is 8. The molecule has 0 radical (unpaired) electrons. The van der Waals surface area contributed by atoms with Gasteiger partial charge in [-0.1, -0.05) is 24.3 Å². The van der Waals surface area contributed by atoms with Crippen molar-refractivity contribution in [1.82, 2.24) is 0 Å². The summed E-state index contributed by atoms with van der Waals surface area (Å²) >= 11 is 0. The van der Waals surface area contributed by atoms with Gasteiger partial charge in [-0.05, 0) is 12.1 Å². The second-order valence-corrected chi connectivity index (χ2v) is 4.05. The van der Waals surface area contributed by atoms with Crippen LogP contribution >= 0.6 is 0 Å². The summed E-state index contributed by atoms with van der Waals surface area (Å²) in [6.07, 6.45) is 0. The summed E-state index contributed by atoms with van der Waals surface area (Å²) in [5, 5.41) is 38.4. The molecule has 116 valence electrons. The van der Waals surface area contributed by atoms with E-state index in [0.29, 0.717) is 0 Å². The molecule has 2 aromatic carbocycles. The molecule has 0 spiro atoms. The fraction of sp³-hybridized carbons (Fsp3) is 0. The van der Waals surface area contributed by atoms with Gasteiger partial charge in [0.15, 0.2) is 0 Å². The molecular formula is C14H12CaN2O6. The third-order valence-electron chi connectivity index (χ3n) is 2.61. The number of benzene rings is 2. The maximum absolute atomic E-state index is 10.3. The van der Waals surface area contributed by atoms with Gasteiger partial charge in [-0.3, -0.25) is 0 Å². The van der Waals surface area contributed by atoms with Crippen molar-refractivity contribution in [1.29, 1.82) is 0 Å². The Balaban J connectivity index is 0.000000403. The Morgan fingerprint density at radius 2 is 1.09 bits per heavy atom. The number of hydrogen-bond donors (Lipinski definition) is 4. The first-order valence-corrected chi connectivity index (χ1v) is 5.83. The van der Waals surface area contributed by atoms with Gasteiger partial charge in [0, 0.05) is 11.1 Å². The van der Waals surface area contributed by atoms with Crippen LogP contribution in [0.5, 0.6) is 11.5 Å². The normalized spacial score (nSPS) is 9.04. The number of carboxylic acid groups (broad SMARTS) is 2. The third kappa shape index (κ3) is 5.51. The summed E-state index contributed by atoms with van der Waals surface area (Å²) in [7, 11) is 0. The maximum atomic E-state index is 10.3. The maximum Gasteiger partial charge on any atom is 2.00 e. The van der Waals surface area contributed by atoms with E-state index in [1.165, 1.54) is 36.4 Å². The van der Waals surface area contributed by atoms with E-state index in [4.69, 9.17) is 21.7 Å². The smallest absolute Gasteiger partial charge is 0.545 e. The first-order valence-electron chi connectivity index (χ1n) is 5.83. The minimum atomic E-state index is -1.39. The standard InChI is InChI=1S/2C7H7NO3.Ca/c2*8-6-4(7(10)11)2-1-3-5(6)9;/h2*1-3,9H,8H2,(H,10,11);/q;;+2/p-2. The summed E-state index contributed by atoms with van der Waals surface area (Å²) in [5.41, 5.74) is 9.73. The second-order valence-electron chi connectivity index (χ2n) is 4.05. The number of aromatic hydroxyl groups is 2. The van der Waals surface area contributed by atoms with Crippen molar-refractivity contribution < 1.29 is 30.0 Å². The summed E-state index contributed by atoms with van der Waals surface area (Å²) in [4.78, 5) is 20.5. The number of aromatic carboxylic acids is 2. The molecule has 0 unspecified atom stereocenters. The van der Waals surface area contributed by atoms with E-state index in [1.54, 1.807) is 0 Å². The van der Waals surface area contributed by atoms with Crippen LogP contribution in [-0.2, 0) is 0 Å². The molecule has 9 heteroatoms. The van der Waals surface area contributed by atoms with Crippen LogP contribution in [0.4, 0.5) is 11.4 Å². The van der Waals surface area contributed by atoms with Crippen LogP contribution in [0.25, 0.3) is 0 Å². The number of nitrogens with two attached hydrogens (primary N) is 2. The topological polar surface area (TPSA) is 173 Å². The zero-order valence-corrected chi connectivity index (χ0v) is 14.1. The van der Waals surface area contributed by atoms with Gasteiger partial charge in [0.05, 0.1) is 23.3 Å². The number of phenols is 2. The van der Waals surface area contributed by atoms with E-state index in [9.17, 15) is 19.8 Å². The molecule has 2 aromatic rings. The average molecular weight is 344 g/mol. The molecule has 0 bridgehead atoms. The van der Waals surface area contributed by atoms with Gasteiger partial charge < -0.3 is 41.5 Å². The zero-order chi connectivity index (χ0) is 16.9. The molecular weight excluding hydrogens is 332 g/mol. The Kier molecular flexibility index (Phi) is 8.23. The SMILES string of the molecule is Nc1c(O)cccc1C(=O)[O-].Nc1c(O)cccc1C(=O)[O-].[Ca+2]. The van der Waals surface area contributed by atoms with E-state index in [1.807, 2.05) is 0 Å². The van der Waals surface area contributed by atoms with Gasteiger partial charge in [0.2, 0.25) is 0 Å². The van der Waals surface area contributed by atoms with E-state index in [-0.39, 0.29) is 71.7 Å². The van der Waals surface area contributed by atoms with Gasteiger partial charge >= 0.3 is 37.7 Å². The minimum Gasteiger partial charge on any atom is -0.545 e. The summed E-state index contributed by atoms with van der Waals surface area (Å²) < 4.78 is 0. The van der Waals surface area contributed by atoms with Crippen LogP contribution in [0.2, 0.25) is 0 Å². The Hall–Kier alpha value is -2.16. The molecule has 8 nitrogen and oxygen atoms in total. The predicted molar refractivity (Wildman–Crippen MR) is 79.5 cm³/mol. The van der Waals surface area contributed by atoms with E-state index in [2.05, 4.69) is 0 Å². The molecule has 0 aliphatic heterocycles. The van der Waals surface area contributed by atoms with Crippen LogP contribution in [0.15, 0.2) is 36.4 Å². The van der Waals surface area contributed by atoms with E-state index < -0.39 is 11.9 Å². The number of phenolic OH excluding ortho intramolecular Hbond substituents is 2. The number of carbonyl (C=O) groups is 2. The predicted octanol–water partition coefficient (Wildman–Crippen LogP) is -1.71. The van der Waals surface area contributed by atoms with E-state index in [0.717, 1.165) is 0 Å². The van der Waals surface area contributed by atoms with Crippen molar-refractivity contribution in [2.45, 2.75) is 0 Å². The van der Waals surface area contributed by atoms with Gasteiger partial charge in [-0.2, -0.15) is 0 Å². The van der Waals surface area contributed by atoms with Crippen LogP contribution in [-0.4, -0.2) is 59.9 Å². The Morgan fingerprint density at radius 1 is 0.783 bits per heavy atom. The molecule has 0 saturated carbocycles. The van der Waals surface area contributed by atoms with Gasteiger partial charge in [-0.25, -0.2) is 0 Å². The number of carbonyl (C=O) groups excluding carboxylic acids is 2. The van der Waals surface area contributed by atoms with Gasteiger partial charge in [-0.15, -0.1) is 0 Å². The van der Waals surface area contributed by atoms with Gasteiger partial charge in [0.25, 0.3) is 0 Å². The third-order valence-corrected chi connectivity index (χ3v) is 2.61. The summed E-state index contributed by atoms with van der Waals surface area (Å²) in [5.74, 6) is -3.27. The van der Waals surface area contributed by atoms with Crippen LogP contribution in [0.1, 0.15) is 20.7 Å². The Bertz CT molecular complexity index is 659. The fourth-order valence-corrected chi connectivity index (χ4v) is 1.46. The zero-order valence-electron chi connectivity index (χ0n) is 11.9. The van der Waals surface area contributed by atoms with Crippen molar-refractivity contribution in [3.05, 3.63) is 47.5 Å². The number of para-hydroxylation sites is 2. The molecule has 0 amide bonds. The number of anilines is 2. The number of carboxylic acids is 2. The Labute approximate surface area is 161 Å². The number of rotatable bonds is 2. The van der Waals surface area contributed by atoms with Crippen molar-refractivity contribution in [2.75, 3.05) is 11.5 Å².